The molecule has 1 unspecified atom stereocenters. The maximum absolute atomic E-state index is 12.0. The minimum atomic E-state index is -1.32. The Kier molecular flexibility index (Phi) is 9.05. The van der Waals surface area contributed by atoms with Crippen LogP contribution in [-0.2, 0) is 14.4 Å². The summed E-state index contributed by atoms with van der Waals surface area (Å²) in [4.78, 5) is 48.9. The second-order valence-electron chi connectivity index (χ2n) is 5.95. The first-order valence-electron chi connectivity index (χ1n) is 8.38. The van der Waals surface area contributed by atoms with Gasteiger partial charge in [0.15, 0.2) is 4.98 Å². The summed E-state index contributed by atoms with van der Waals surface area (Å²) in [6.45, 7) is -1.14. The molecule has 11 heteroatoms. The van der Waals surface area contributed by atoms with E-state index >= 15 is 0 Å². The number of nitrogens with zero attached hydrogens (tertiary/aromatic N) is 3. The molecule has 0 saturated heterocycles. The van der Waals surface area contributed by atoms with Crippen molar-refractivity contribution in [3.63, 3.8) is 0 Å². The van der Waals surface area contributed by atoms with Crippen LogP contribution in [0.4, 0.5) is 5.69 Å². The number of diazo groups is 1. The van der Waals surface area contributed by atoms with Crippen LogP contribution < -0.4 is 5.32 Å². The first kappa shape index (κ1) is 22.5. The van der Waals surface area contributed by atoms with Crippen molar-refractivity contribution < 1.29 is 34.5 Å². The molecule has 0 spiro atoms. The largest absolute Gasteiger partial charge is 0.480 e. The van der Waals surface area contributed by atoms with E-state index in [9.17, 15) is 24.3 Å². The van der Waals surface area contributed by atoms with Crippen LogP contribution in [0.3, 0.4) is 0 Å². The van der Waals surface area contributed by atoms with Crippen LogP contribution in [0.25, 0.3) is 4.98 Å². The number of carbonyl (C=O) groups excluding carboxylic acids is 1. The van der Waals surface area contributed by atoms with Crippen LogP contribution in [0.1, 0.15) is 29.6 Å². The Morgan fingerprint density at radius 3 is 2.04 bits per heavy atom. The predicted octanol–water partition coefficient (Wildman–Crippen LogP) is 0.996. The molecular formula is C17H21N4O7+. The molecule has 0 bridgehead atoms. The molecule has 1 rings (SSSR count). The van der Waals surface area contributed by atoms with E-state index in [-0.39, 0.29) is 18.9 Å². The highest BCUT2D eigenvalue weighted by molar-refractivity contribution is 5.94. The quantitative estimate of drug-likeness (QED) is 0.298. The van der Waals surface area contributed by atoms with E-state index in [4.69, 9.17) is 15.6 Å². The maximum atomic E-state index is 12.0. The molecule has 150 valence electrons. The van der Waals surface area contributed by atoms with Gasteiger partial charge in [-0.15, -0.1) is 0 Å². The first-order valence-corrected chi connectivity index (χ1v) is 8.38. The van der Waals surface area contributed by atoms with Gasteiger partial charge in [0.2, 0.25) is 5.39 Å². The van der Waals surface area contributed by atoms with Crippen molar-refractivity contribution in [3.05, 3.63) is 34.8 Å². The molecular weight excluding hydrogens is 372 g/mol. The van der Waals surface area contributed by atoms with E-state index < -0.39 is 37.0 Å². The Balaban J connectivity index is 2.50. The standard InChI is InChI=1S/C17H20N4O7/c18-20-12-6-4-11(5-7-12)16(26)19-8-2-1-3-13(17(27)28)21(9-14(22)23)10-15(24)25/h4-7,13H,1-3,8-10H2,(H3-,19,22,23,24,25,26,27,28)/p+1. The number of nitrogens with one attached hydrogen (secondary N) is 1. The van der Waals surface area contributed by atoms with Gasteiger partial charge in [0.05, 0.1) is 13.1 Å². The number of unbranched alkanes of at least 4 members (excludes halogenated alkanes) is 1. The smallest absolute Gasteiger partial charge is 0.385 e. The molecule has 0 aromatic heterocycles. The van der Waals surface area contributed by atoms with E-state index in [2.05, 4.69) is 10.3 Å². The average molecular weight is 393 g/mol. The summed E-state index contributed by atoms with van der Waals surface area (Å²) in [7, 11) is 0. The fourth-order valence-corrected chi connectivity index (χ4v) is 2.53. The molecule has 4 N–H and O–H groups in total. The fourth-order valence-electron chi connectivity index (χ4n) is 2.53. The van der Waals surface area contributed by atoms with Gasteiger partial charge in [-0.25, -0.2) is 0 Å². The van der Waals surface area contributed by atoms with Gasteiger partial charge >= 0.3 is 23.6 Å². The lowest BCUT2D eigenvalue weighted by atomic mass is 10.1. The Morgan fingerprint density at radius 1 is 1.00 bits per heavy atom. The zero-order chi connectivity index (χ0) is 21.1. The number of carboxylic acid groups (broad SMARTS) is 3. The number of amides is 1. The number of hydrogen-bond acceptors (Lipinski definition) is 6. The summed E-state index contributed by atoms with van der Waals surface area (Å²) in [5.74, 6) is -4.29. The molecule has 1 aromatic rings. The van der Waals surface area contributed by atoms with Gasteiger partial charge in [0, 0.05) is 24.2 Å². The third-order valence-corrected chi connectivity index (χ3v) is 3.84. The normalized spacial score (nSPS) is 11.4. The maximum Gasteiger partial charge on any atom is 0.385 e. The molecule has 0 heterocycles. The minimum absolute atomic E-state index is 0.0401. The van der Waals surface area contributed by atoms with Gasteiger partial charge in [-0.1, -0.05) is 0 Å². The lowest BCUT2D eigenvalue weighted by Crippen LogP contribution is -2.46. The fraction of sp³-hybridized carbons (Fsp3) is 0.412. The lowest BCUT2D eigenvalue weighted by Gasteiger charge is -2.25. The first-order chi connectivity index (χ1) is 13.2. The number of carbonyl (C=O) groups is 4. The SMILES string of the molecule is N#[N+]c1ccc(C(=O)NCCCCC(C(=O)O)N(CC(=O)O)CC(=O)O)cc1. The second kappa shape index (κ2) is 11.2. The summed E-state index contributed by atoms with van der Waals surface area (Å²) in [6.07, 6.45) is 0.807. The van der Waals surface area contributed by atoms with Crippen LogP contribution in [0.2, 0.25) is 0 Å². The van der Waals surface area contributed by atoms with Crippen LogP contribution in [-0.4, -0.2) is 69.7 Å². The van der Waals surface area contributed by atoms with Crippen molar-refractivity contribution in [2.45, 2.75) is 25.3 Å². The monoisotopic (exact) mass is 393 g/mol. The van der Waals surface area contributed by atoms with Crippen molar-refractivity contribution in [1.82, 2.24) is 10.2 Å². The number of benzene rings is 1. The van der Waals surface area contributed by atoms with Crippen LogP contribution in [0.5, 0.6) is 0 Å². The van der Waals surface area contributed by atoms with E-state index in [1.807, 2.05) is 0 Å². The molecule has 0 aliphatic carbocycles. The van der Waals surface area contributed by atoms with Gasteiger partial charge in [-0.3, -0.25) is 24.1 Å². The summed E-state index contributed by atoms with van der Waals surface area (Å²) < 4.78 is 0. The van der Waals surface area contributed by atoms with Crippen LogP contribution >= 0.6 is 0 Å². The zero-order valence-electron chi connectivity index (χ0n) is 14.9. The van der Waals surface area contributed by atoms with Crippen LogP contribution in [0.15, 0.2) is 24.3 Å². The molecule has 0 aliphatic heterocycles. The molecule has 1 atom stereocenters. The number of rotatable bonds is 12. The van der Waals surface area contributed by atoms with Gasteiger partial charge in [-0.2, -0.15) is 0 Å². The third kappa shape index (κ3) is 7.79. The number of aliphatic carboxylic acids is 3. The Hall–Kier alpha value is -3.52. The van der Waals surface area contributed by atoms with Crippen LogP contribution in [0, 0.1) is 5.39 Å². The predicted molar refractivity (Wildman–Crippen MR) is 95.6 cm³/mol. The van der Waals surface area contributed by atoms with Crippen molar-refractivity contribution in [3.8, 4) is 0 Å². The molecule has 0 fully saturated rings. The number of hydrogen-bond donors (Lipinski definition) is 4. The van der Waals surface area contributed by atoms with E-state index in [0.29, 0.717) is 24.1 Å². The van der Waals surface area contributed by atoms with Gasteiger partial charge in [0.1, 0.15) is 6.04 Å². The Morgan fingerprint density at radius 2 is 1.57 bits per heavy atom. The van der Waals surface area contributed by atoms with Crippen molar-refractivity contribution in [2.75, 3.05) is 19.6 Å². The highest BCUT2D eigenvalue weighted by Gasteiger charge is 2.28. The molecule has 28 heavy (non-hydrogen) atoms. The summed E-state index contributed by atoms with van der Waals surface area (Å²) in [5, 5.41) is 38.2. The molecule has 0 aliphatic rings. The third-order valence-electron chi connectivity index (χ3n) is 3.84. The molecule has 11 nitrogen and oxygen atoms in total. The summed E-state index contributed by atoms with van der Waals surface area (Å²) in [6, 6.07) is 4.65. The molecule has 1 amide bonds. The lowest BCUT2D eigenvalue weighted by molar-refractivity contribution is -0.149. The second-order valence-corrected chi connectivity index (χ2v) is 5.95. The van der Waals surface area contributed by atoms with Gasteiger partial charge in [-0.05, 0) is 31.4 Å². The van der Waals surface area contributed by atoms with E-state index in [1.54, 1.807) is 0 Å². The average Bonchev–Trinajstić information content (AvgIpc) is 2.62. The van der Waals surface area contributed by atoms with E-state index in [0.717, 1.165) is 4.90 Å². The molecule has 1 aromatic carbocycles. The highest BCUT2D eigenvalue weighted by atomic mass is 16.4. The summed E-state index contributed by atoms with van der Waals surface area (Å²) in [5.41, 5.74) is 0.674. The van der Waals surface area contributed by atoms with Crippen molar-refractivity contribution >= 4 is 29.5 Å². The minimum Gasteiger partial charge on any atom is -0.480 e. The molecule has 0 radical (unpaired) electrons. The van der Waals surface area contributed by atoms with Gasteiger partial charge in [0.25, 0.3) is 5.91 Å². The van der Waals surface area contributed by atoms with Gasteiger partial charge < -0.3 is 20.6 Å². The van der Waals surface area contributed by atoms with Crippen molar-refractivity contribution in [1.29, 1.82) is 5.39 Å². The number of carboxylic acids is 3. The molecule has 0 saturated carbocycles. The zero-order valence-corrected chi connectivity index (χ0v) is 14.9. The Labute approximate surface area is 160 Å². The topological polar surface area (TPSA) is 172 Å². The van der Waals surface area contributed by atoms with E-state index in [1.165, 1.54) is 24.3 Å². The Bertz CT molecular complexity index is 742. The highest BCUT2D eigenvalue weighted by Crippen LogP contribution is 2.13. The summed E-state index contributed by atoms with van der Waals surface area (Å²) >= 11 is 0. The van der Waals surface area contributed by atoms with Crippen molar-refractivity contribution in [2.24, 2.45) is 0 Å².